The third-order valence-corrected chi connectivity index (χ3v) is 2.76. The molecule has 0 radical (unpaired) electrons. The van der Waals surface area contributed by atoms with E-state index in [1.54, 1.807) is 17.2 Å². The highest BCUT2D eigenvalue weighted by molar-refractivity contribution is 5.94. The molecule has 0 atom stereocenters. The molecule has 0 spiro atoms. The standard InChI is InChI=1S/C12H15N3O2/c1-9-2-3-10(8-14-9)12(17)15-6-4-11(16)13-5-7-15/h2-3,8H,4-7H2,1H3,(H,13,16). The number of carbonyl (C=O) groups is 2. The van der Waals surface area contributed by atoms with Crippen molar-refractivity contribution in [3.8, 4) is 0 Å². The minimum absolute atomic E-state index is 0.00216. The second-order valence-electron chi connectivity index (χ2n) is 4.08. The lowest BCUT2D eigenvalue weighted by molar-refractivity contribution is -0.120. The van der Waals surface area contributed by atoms with E-state index in [0.29, 0.717) is 31.6 Å². The Morgan fingerprint density at radius 3 is 2.94 bits per heavy atom. The van der Waals surface area contributed by atoms with Crippen molar-refractivity contribution in [1.29, 1.82) is 0 Å². The maximum absolute atomic E-state index is 12.1. The number of hydrogen-bond acceptors (Lipinski definition) is 3. The molecule has 2 amide bonds. The van der Waals surface area contributed by atoms with E-state index in [9.17, 15) is 9.59 Å². The third-order valence-electron chi connectivity index (χ3n) is 2.76. The molecule has 1 aromatic heterocycles. The minimum atomic E-state index is -0.0611. The predicted molar refractivity (Wildman–Crippen MR) is 62.5 cm³/mol. The van der Waals surface area contributed by atoms with Crippen LogP contribution < -0.4 is 5.32 Å². The molecule has 1 fully saturated rings. The minimum Gasteiger partial charge on any atom is -0.354 e. The summed E-state index contributed by atoms with van der Waals surface area (Å²) in [5.41, 5.74) is 1.46. The molecule has 1 aliphatic heterocycles. The Morgan fingerprint density at radius 2 is 2.24 bits per heavy atom. The quantitative estimate of drug-likeness (QED) is 0.761. The summed E-state index contributed by atoms with van der Waals surface area (Å²) in [5, 5.41) is 2.74. The Bertz CT molecular complexity index is 428. The van der Waals surface area contributed by atoms with Crippen molar-refractivity contribution in [2.75, 3.05) is 19.6 Å². The van der Waals surface area contributed by atoms with Crippen molar-refractivity contribution in [1.82, 2.24) is 15.2 Å². The fraction of sp³-hybridized carbons (Fsp3) is 0.417. The van der Waals surface area contributed by atoms with Crippen LogP contribution in [0.5, 0.6) is 0 Å². The van der Waals surface area contributed by atoms with E-state index in [2.05, 4.69) is 10.3 Å². The molecule has 1 aliphatic rings. The molecular formula is C12H15N3O2. The molecule has 2 heterocycles. The summed E-state index contributed by atoms with van der Waals surface area (Å²) in [4.78, 5) is 29.1. The van der Waals surface area contributed by atoms with Crippen LogP contribution in [-0.4, -0.2) is 41.3 Å². The van der Waals surface area contributed by atoms with Crippen molar-refractivity contribution in [3.63, 3.8) is 0 Å². The predicted octanol–water partition coefficient (Wildman–Crippen LogP) is 0.352. The highest BCUT2D eigenvalue weighted by atomic mass is 16.2. The van der Waals surface area contributed by atoms with Crippen LogP contribution in [0.1, 0.15) is 22.5 Å². The Kier molecular flexibility index (Phi) is 3.37. The summed E-state index contributed by atoms with van der Waals surface area (Å²) in [6.45, 7) is 3.42. The van der Waals surface area contributed by atoms with Crippen LogP contribution in [0.4, 0.5) is 0 Å². The third kappa shape index (κ3) is 2.81. The van der Waals surface area contributed by atoms with E-state index in [0.717, 1.165) is 5.69 Å². The second kappa shape index (κ2) is 4.95. The van der Waals surface area contributed by atoms with Gasteiger partial charge in [-0.05, 0) is 19.1 Å². The number of hydrogen-bond donors (Lipinski definition) is 1. The van der Waals surface area contributed by atoms with E-state index < -0.39 is 0 Å². The summed E-state index contributed by atoms with van der Waals surface area (Å²) in [5.74, 6) is -0.0590. The molecule has 0 aliphatic carbocycles. The van der Waals surface area contributed by atoms with Gasteiger partial charge in [-0.1, -0.05) is 0 Å². The average molecular weight is 233 g/mol. The second-order valence-corrected chi connectivity index (χ2v) is 4.08. The van der Waals surface area contributed by atoms with Gasteiger partial charge in [0, 0.05) is 37.9 Å². The Hall–Kier alpha value is -1.91. The Morgan fingerprint density at radius 1 is 1.41 bits per heavy atom. The Balaban J connectivity index is 2.08. The van der Waals surface area contributed by atoms with E-state index in [-0.39, 0.29) is 11.8 Å². The van der Waals surface area contributed by atoms with Crippen molar-refractivity contribution in [2.45, 2.75) is 13.3 Å². The number of pyridine rings is 1. The number of amides is 2. The molecule has 5 heteroatoms. The van der Waals surface area contributed by atoms with E-state index >= 15 is 0 Å². The summed E-state index contributed by atoms with van der Waals surface area (Å²) in [7, 11) is 0. The smallest absolute Gasteiger partial charge is 0.255 e. The zero-order chi connectivity index (χ0) is 12.3. The lowest BCUT2D eigenvalue weighted by Crippen LogP contribution is -2.34. The Labute approximate surface area is 99.8 Å². The lowest BCUT2D eigenvalue weighted by Gasteiger charge is -2.19. The summed E-state index contributed by atoms with van der Waals surface area (Å²) in [6.07, 6.45) is 1.95. The van der Waals surface area contributed by atoms with Crippen LogP contribution in [0.15, 0.2) is 18.3 Å². The monoisotopic (exact) mass is 233 g/mol. The van der Waals surface area contributed by atoms with Gasteiger partial charge in [0.25, 0.3) is 5.91 Å². The number of nitrogens with one attached hydrogen (secondary N) is 1. The molecule has 1 saturated heterocycles. The molecule has 2 rings (SSSR count). The van der Waals surface area contributed by atoms with E-state index in [4.69, 9.17) is 0 Å². The average Bonchev–Trinajstić information content (AvgIpc) is 2.54. The number of aryl methyl sites for hydroxylation is 1. The van der Waals surface area contributed by atoms with Crippen molar-refractivity contribution < 1.29 is 9.59 Å². The lowest BCUT2D eigenvalue weighted by atomic mass is 10.2. The highest BCUT2D eigenvalue weighted by Crippen LogP contribution is 2.06. The largest absolute Gasteiger partial charge is 0.354 e. The van der Waals surface area contributed by atoms with E-state index in [1.165, 1.54) is 0 Å². The van der Waals surface area contributed by atoms with Gasteiger partial charge in [0.05, 0.1) is 5.56 Å². The fourth-order valence-electron chi connectivity index (χ4n) is 1.75. The van der Waals surface area contributed by atoms with Crippen LogP contribution in [-0.2, 0) is 4.79 Å². The van der Waals surface area contributed by atoms with Crippen LogP contribution in [0.2, 0.25) is 0 Å². The van der Waals surface area contributed by atoms with Crippen LogP contribution in [0.25, 0.3) is 0 Å². The van der Waals surface area contributed by atoms with Crippen molar-refractivity contribution in [3.05, 3.63) is 29.6 Å². The molecule has 0 saturated carbocycles. The van der Waals surface area contributed by atoms with Crippen LogP contribution in [0.3, 0.4) is 0 Å². The first-order chi connectivity index (χ1) is 8.16. The fourth-order valence-corrected chi connectivity index (χ4v) is 1.75. The van der Waals surface area contributed by atoms with Gasteiger partial charge in [-0.15, -0.1) is 0 Å². The van der Waals surface area contributed by atoms with Crippen molar-refractivity contribution >= 4 is 11.8 Å². The van der Waals surface area contributed by atoms with Gasteiger partial charge in [0.1, 0.15) is 0 Å². The molecule has 17 heavy (non-hydrogen) atoms. The van der Waals surface area contributed by atoms with E-state index in [1.807, 2.05) is 13.0 Å². The summed E-state index contributed by atoms with van der Waals surface area (Å²) >= 11 is 0. The first kappa shape index (κ1) is 11.6. The van der Waals surface area contributed by atoms with Gasteiger partial charge >= 0.3 is 0 Å². The van der Waals surface area contributed by atoms with Gasteiger partial charge < -0.3 is 10.2 Å². The number of carbonyl (C=O) groups excluding carboxylic acids is 2. The van der Waals surface area contributed by atoms with Gasteiger partial charge in [0.2, 0.25) is 5.91 Å². The van der Waals surface area contributed by atoms with Crippen LogP contribution >= 0.6 is 0 Å². The van der Waals surface area contributed by atoms with Gasteiger partial charge in [-0.3, -0.25) is 14.6 Å². The normalized spacial score (nSPS) is 16.3. The zero-order valence-electron chi connectivity index (χ0n) is 9.77. The molecular weight excluding hydrogens is 218 g/mol. The molecule has 0 bridgehead atoms. The summed E-state index contributed by atoms with van der Waals surface area (Å²) in [6, 6.07) is 3.58. The van der Waals surface area contributed by atoms with Gasteiger partial charge in [-0.25, -0.2) is 0 Å². The molecule has 0 unspecified atom stereocenters. The molecule has 90 valence electrons. The molecule has 0 aromatic carbocycles. The molecule has 1 N–H and O–H groups in total. The molecule has 1 aromatic rings. The van der Waals surface area contributed by atoms with Gasteiger partial charge in [-0.2, -0.15) is 0 Å². The maximum atomic E-state index is 12.1. The van der Waals surface area contributed by atoms with Crippen molar-refractivity contribution in [2.24, 2.45) is 0 Å². The number of aromatic nitrogens is 1. The zero-order valence-corrected chi connectivity index (χ0v) is 9.77. The first-order valence-corrected chi connectivity index (χ1v) is 5.65. The number of nitrogens with zero attached hydrogens (tertiary/aromatic N) is 2. The van der Waals surface area contributed by atoms with Crippen LogP contribution in [0, 0.1) is 6.92 Å². The highest BCUT2D eigenvalue weighted by Gasteiger charge is 2.19. The SMILES string of the molecule is Cc1ccc(C(=O)N2CCNC(=O)CC2)cn1. The maximum Gasteiger partial charge on any atom is 0.255 e. The number of rotatable bonds is 1. The van der Waals surface area contributed by atoms with Gasteiger partial charge in [0.15, 0.2) is 0 Å². The first-order valence-electron chi connectivity index (χ1n) is 5.65. The molecule has 5 nitrogen and oxygen atoms in total. The summed E-state index contributed by atoms with van der Waals surface area (Å²) < 4.78 is 0. The topological polar surface area (TPSA) is 62.3 Å².